The van der Waals surface area contributed by atoms with E-state index < -0.39 is 10.0 Å². The van der Waals surface area contributed by atoms with Crippen LogP contribution in [0.5, 0.6) is 0 Å². The number of hydrogen-bond acceptors (Lipinski definition) is 4. The molecule has 0 saturated carbocycles. The van der Waals surface area contributed by atoms with Crippen molar-refractivity contribution < 1.29 is 13.2 Å². The van der Waals surface area contributed by atoms with Crippen LogP contribution in [0, 0.1) is 0 Å². The second-order valence-corrected chi connectivity index (χ2v) is 5.15. The van der Waals surface area contributed by atoms with Crippen LogP contribution in [-0.4, -0.2) is 31.2 Å². The van der Waals surface area contributed by atoms with Crippen LogP contribution in [0.3, 0.4) is 0 Å². The smallest absolute Gasteiger partial charge is 0.257 e. The molecule has 0 saturated heterocycles. The van der Waals surface area contributed by atoms with E-state index in [1.54, 1.807) is 0 Å². The van der Waals surface area contributed by atoms with Gasteiger partial charge in [0.15, 0.2) is 5.03 Å². The molecule has 2 N–H and O–H groups in total. The van der Waals surface area contributed by atoms with Crippen LogP contribution < -0.4 is 5.14 Å². The highest BCUT2D eigenvalue weighted by Gasteiger charge is 2.15. The number of rotatable bonds is 7. The monoisotopic (exact) mass is 261 g/mol. The molecule has 0 atom stereocenters. The van der Waals surface area contributed by atoms with Gasteiger partial charge in [-0.3, -0.25) is 0 Å². The van der Waals surface area contributed by atoms with Crippen LogP contribution in [0.1, 0.15) is 26.1 Å². The maximum absolute atomic E-state index is 11.2. The standard InChI is InChI=1S/C10H19N3O3S/c1-3-9-12-10(17(11,14)15)8-13(9)6-5-7-16-4-2/h8H,3-7H2,1-2H3,(H2,11,14,15). The van der Waals surface area contributed by atoms with Gasteiger partial charge in [-0.25, -0.2) is 18.5 Å². The molecule has 0 aliphatic heterocycles. The Labute approximate surface area is 102 Å². The van der Waals surface area contributed by atoms with Crippen molar-refractivity contribution in [3.8, 4) is 0 Å². The minimum atomic E-state index is -3.71. The van der Waals surface area contributed by atoms with E-state index in [4.69, 9.17) is 9.88 Å². The van der Waals surface area contributed by atoms with Gasteiger partial charge in [-0.05, 0) is 13.3 Å². The summed E-state index contributed by atoms with van der Waals surface area (Å²) in [6, 6.07) is 0. The van der Waals surface area contributed by atoms with Gasteiger partial charge in [0, 0.05) is 32.4 Å². The highest BCUT2D eigenvalue weighted by Crippen LogP contribution is 2.09. The van der Waals surface area contributed by atoms with E-state index in [9.17, 15) is 8.42 Å². The fourth-order valence-corrected chi connectivity index (χ4v) is 2.03. The maximum atomic E-state index is 11.2. The van der Waals surface area contributed by atoms with E-state index in [1.807, 2.05) is 18.4 Å². The number of aromatic nitrogens is 2. The molecule has 0 amide bonds. The SMILES string of the molecule is CCOCCCn1cc(S(N)(=O)=O)nc1CC. The third kappa shape index (κ3) is 4.10. The molecule has 1 rings (SSSR count). The first kappa shape index (κ1) is 14.1. The molecule has 7 heteroatoms. The summed E-state index contributed by atoms with van der Waals surface area (Å²) in [5, 5.41) is 4.98. The highest BCUT2D eigenvalue weighted by atomic mass is 32.2. The molecular formula is C10H19N3O3S. The minimum absolute atomic E-state index is 0.0641. The van der Waals surface area contributed by atoms with Crippen molar-refractivity contribution in [1.82, 2.24) is 9.55 Å². The first-order valence-electron chi connectivity index (χ1n) is 5.65. The molecule has 1 aromatic rings. The molecule has 0 aromatic carbocycles. The molecule has 1 aromatic heterocycles. The molecule has 6 nitrogen and oxygen atoms in total. The Morgan fingerprint density at radius 3 is 2.71 bits per heavy atom. The maximum Gasteiger partial charge on any atom is 0.257 e. The van der Waals surface area contributed by atoms with Gasteiger partial charge >= 0.3 is 0 Å². The van der Waals surface area contributed by atoms with E-state index in [1.165, 1.54) is 6.20 Å². The number of nitrogens with zero attached hydrogens (tertiary/aromatic N) is 2. The molecule has 0 aliphatic rings. The van der Waals surface area contributed by atoms with Gasteiger partial charge in [-0.15, -0.1) is 0 Å². The average molecular weight is 261 g/mol. The molecule has 0 fully saturated rings. The minimum Gasteiger partial charge on any atom is -0.382 e. The number of aryl methyl sites for hydroxylation is 2. The van der Waals surface area contributed by atoms with Crippen molar-refractivity contribution >= 4 is 10.0 Å². The topological polar surface area (TPSA) is 87.2 Å². The number of nitrogens with two attached hydrogens (primary N) is 1. The Hall–Kier alpha value is -0.920. The van der Waals surface area contributed by atoms with Crippen LogP contribution in [0.15, 0.2) is 11.2 Å². The normalized spacial score (nSPS) is 11.9. The highest BCUT2D eigenvalue weighted by molar-refractivity contribution is 7.89. The Balaban J connectivity index is 2.74. The van der Waals surface area contributed by atoms with Crippen molar-refractivity contribution in [2.24, 2.45) is 5.14 Å². The molecule has 0 spiro atoms. The van der Waals surface area contributed by atoms with Gasteiger partial charge in [-0.2, -0.15) is 0 Å². The zero-order chi connectivity index (χ0) is 12.9. The predicted molar refractivity (Wildman–Crippen MR) is 64.1 cm³/mol. The lowest BCUT2D eigenvalue weighted by atomic mass is 10.4. The summed E-state index contributed by atoms with van der Waals surface area (Å²) in [7, 11) is -3.71. The molecule has 0 unspecified atom stereocenters. The van der Waals surface area contributed by atoms with Crippen LogP contribution >= 0.6 is 0 Å². The van der Waals surface area contributed by atoms with E-state index in [0.717, 1.165) is 12.2 Å². The Morgan fingerprint density at radius 1 is 1.47 bits per heavy atom. The van der Waals surface area contributed by atoms with E-state index in [2.05, 4.69) is 4.98 Å². The fraction of sp³-hybridized carbons (Fsp3) is 0.700. The fourth-order valence-electron chi connectivity index (χ4n) is 1.52. The summed E-state index contributed by atoms with van der Waals surface area (Å²) in [5.41, 5.74) is 0. The quantitative estimate of drug-likeness (QED) is 0.725. The Kier molecular flexibility index (Phi) is 5.10. The van der Waals surface area contributed by atoms with Gasteiger partial charge in [0.25, 0.3) is 10.0 Å². The zero-order valence-electron chi connectivity index (χ0n) is 10.2. The summed E-state index contributed by atoms with van der Waals surface area (Å²) >= 11 is 0. The molecule has 0 bridgehead atoms. The van der Waals surface area contributed by atoms with Crippen LogP contribution in [0.25, 0.3) is 0 Å². The predicted octanol–water partition coefficient (Wildman–Crippen LogP) is 0.520. The van der Waals surface area contributed by atoms with E-state index in [0.29, 0.717) is 26.2 Å². The second kappa shape index (κ2) is 6.13. The lowest BCUT2D eigenvalue weighted by Gasteiger charge is -2.05. The molecule has 0 aliphatic carbocycles. The van der Waals surface area contributed by atoms with Gasteiger partial charge in [0.2, 0.25) is 0 Å². The summed E-state index contributed by atoms with van der Waals surface area (Å²) in [6.45, 7) is 5.89. The Bertz CT molecular complexity index is 453. The molecule has 0 radical (unpaired) electrons. The van der Waals surface area contributed by atoms with E-state index >= 15 is 0 Å². The molecule has 98 valence electrons. The first-order valence-corrected chi connectivity index (χ1v) is 7.20. The third-order valence-electron chi connectivity index (χ3n) is 2.34. The van der Waals surface area contributed by atoms with Crippen molar-refractivity contribution in [2.45, 2.75) is 38.3 Å². The summed E-state index contributed by atoms with van der Waals surface area (Å²) in [4.78, 5) is 4.01. The van der Waals surface area contributed by atoms with E-state index in [-0.39, 0.29) is 5.03 Å². The second-order valence-electron chi connectivity index (χ2n) is 3.64. The summed E-state index contributed by atoms with van der Waals surface area (Å²) in [6.07, 6.45) is 2.98. The lowest BCUT2D eigenvalue weighted by molar-refractivity contribution is 0.141. The van der Waals surface area contributed by atoms with Crippen LogP contribution in [0.4, 0.5) is 0 Å². The largest absolute Gasteiger partial charge is 0.382 e. The van der Waals surface area contributed by atoms with Gasteiger partial charge in [0.05, 0.1) is 0 Å². The number of primary sulfonamides is 1. The van der Waals surface area contributed by atoms with Crippen molar-refractivity contribution in [2.75, 3.05) is 13.2 Å². The summed E-state index contributed by atoms with van der Waals surface area (Å²) < 4.78 is 29.4. The average Bonchev–Trinajstić information content (AvgIpc) is 2.67. The van der Waals surface area contributed by atoms with Crippen molar-refractivity contribution in [3.63, 3.8) is 0 Å². The van der Waals surface area contributed by atoms with Crippen molar-refractivity contribution in [3.05, 3.63) is 12.0 Å². The lowest BCUT2D eigenvalue weighted by Crippen LogP contribution is -2.12. The number of imidazole rings is 1. The van der Waals surface area contributed by atoms with Gasteiger partial charge in [0.1, 0.15) is 5.82 Å². The number of ether oxygens (including phenoxy) is 1. The van der Waals surface area contributed by atoms with Crippen LogP contribution in [0.2, 0.25) is 0 Å². The number of hydrogen-bond donors (Lipinski definition) is 1. The molecule has 17 heavy (non-hydrogen) atoms. The number of sulfonamides is 1. The first-order chi connectivity index (χ1) is 7.99. The van der Waals surface area contributed by atoms with Gasteiger partial charge < -0.3 is 9.30 Å². The van der Waals surface area contributed by atoms with Gasteiger partial charge in [-0.1, -0.05) is 6.92 Å². The van der Waals surface area contributed by atoms with Crippen LogP contribution in [-0.2, 0) is 27.7 Å². The third-order valence-corrected chi connectivity index (χ3v) is 3.12. The van der Waals surface area contributed by atoms with Crippen molar-refractivity contribution in [1.29, 1.82) is 0 Å². The molecular weight excluding hydrogens is 242 g/mol. The Morgan fingerprint density at radius 2 is 2.18 bits per heavy atom. The summed E-state index contributed by atoms with van der Waals surface area (Å²) in [5.74, 6) is 0.727. The molecule has 1 heterocycles. The zero-order valence-corrected chi connectivity index (χ0v) is 11.0.